The number of thiazole rings is 1. The van der Waals surface area contributed by atoms with Crippen LogP contribution < -0.4 is 14.8 Å². The normalized spacial score (nSPS) is 12.0. The molecule has 3 aromatic rings. The molecule has 2 heterocycles. The number of aromatic nitrogens is 2. The second-order valence-corrected chi connectivity index (χ2v) is 7.88. The van der Waals surface area contributed by atoms with Gasteiger partial charge in [0.25, 0.3) is 0 Å². The van der Waals surface area contributed by atoms with E-state index < -0.39 is 0 Å². The van der Waals surface area contributed by atoms with Crippen molar-refractivity contribution in [3.8, 4) is 22.8 Å². The minimum absolute atomic E-state index is 0.187. The Morgan fingerprint density at radius 1 is 1.29 bits per heavy atom. The van der Waals surface area contributed by atoms with Crippen molar-refractivity contribution in [1.29, 1.82) is 0 Å². The number of carbonyl (C=O) groups excluding carboxylic acids is 1. The van der Waals surface area contributed by atoms with Gasteiger partial charge in [0.1, 0.15) is 5.01 Å². The lowest BCUT2D eigenvalue weighted by atomic mass is 10.2. The molecule has 0 aliphatic rings. The molecule has 0 aliphatic carbocycles. The van der Waals surface area contributed by atoms with Gasteiger partial charge < -0.3 is 14.8 Å². The van der Waals surface area contributed by atoms with Crippen molar-refractivity contribution in [3.05, 3.63) is 64.8 Å². The van der Waals surface area contributed by atoms with E-state index >= 15 is 0 Å². The Labute approximate surface area is 187 Å². The first-order valence-electron chi connectivity index (χ1n) is 10.3. The lowest BCUT2D eigenvalue weighted by Crippen LogP contribution is -2.24. The minimum atomic E-state index is -0.198. The van der Waals surface area contributed by atoms with Gasteiger partial charge in [-0.1, -0.05) is 19.4 Å². The summed E-state index contributed by atoms with van der Waals surface area (Å²) in [6.07, 6.45) is 8.84. The quantitative estimate of drug-likeness (QED) is 0.345. The molecule has 0 fully saturated rings. The molecule has 0 saturated carbocycles. The number of rotatable bonds is 10. The number of methoxy groups -OCH3 is 1. The molecular weight excluding hydrogens is 410 g/mol. The van der Waals surface area contributed by atoms with Crippen LogP contribution in [0, 0.1) is 0 Å². The van der Waals surface area contributed by atoms with Crippen molar-refractivity contribution in [3.63, 3.8) is 0 Å². The molecule has 1 unspecified atom stereocenters. The van der Waals surface area contributed by atoms with E-state index in [4.69, 9.17) is 9.47 Å². The summed E-state index contributed by atoms with van der Waals surface area (Å²) in [7, 11) is 1.61. The van der Waals surface area contributed by atoms with Crippen LogP contribution in [0.15, 0.2) is 54.2 Å². The Kier molecular flexibility index (Phi) is 8.18. The molecule has 0 spiro atoms. The number of unbranched alkanes of at least 4 members (excludes halogenated alkanes) is 1. The Balaban J connectivity index is 1.59. The summed E-state index contributed by atoms with van der Waals surface area (Å²) >= 11 is 1.52. The lowest BCUT2D eigenvalue weighted by molar-refractivity contribution is -0.117. The van der Waals surface area contributed by atoms with Gasteiger partial charge in [0.05, 0.1) is 25.5 Å². The molecule has 1 atom stereocenters. The summed E-state index contributed by atoms with van der Waals surface area (Å²) in [4.78, 5) is 21.1. The number of amides is 1. The van der Waals surface area contributed by atoms with E-state index in [1.165, 1.54) is 17.4 Å². The zero-order valence-electron chi connectivity index (χ0n) is 18.0. The maximum atomic E-state index is 12.4. The fourth-order valence-corrected chi connectivity index (χ4v) is 3.70. The van der Waals surface area contributed by atoms with E-state index in [1.807, 2.05) is 42.6 Å². The van der Waals surface area contributed by atoms with E-state index in [0.29, 0.717) is 18.1 Å². The molecule has 3 rings (SSSR count). The second-order valence-electron chi connectivity index (χ2n) is 6.99. The van der Waals surface area contributed by atoms with Gasteiger partial charge in [-0.25, -0.2) is 4.98 Å². The SMILES string of the molecule is CCCCOc1ccc(/C=C/C(=O)NC(C)c2nc(-c3cccnc3)cs2)cc1OC. The highest BCUT2D eigenvalue weighted by atomic mass is 32.1. The first-order chi connectivity index (χ1) is 15.1. The number of pyridine rings is 1. The van der Waals surface area contributed by atoms with Gasteiger partial charge in [0.15, 0.2) is 11.5 Å². The fourth-order valence-electron chi connectivity index (χ4n) is 2.86. The summed E-state index contributed by atoms with van der Waals surface area (Å²) < 4.78 is 11.2. The molecule has 1 amide bonds. The van der Waals surface area contributed by atoms with E-state index in [9.17, 15) is 4.79 Å². The summed E-state index contributed by atoms with van der Waals surface area (Å²) in [5.74, 6) is 1.17. The predicted molar refractivity (Wildman–Crippen MR) is 124 cm³/mol. The van der Waals surface area contributed by atoms with E-state index in [2.05, 4.69) is 22.2 Å². The fraction of sp³-hybridized carbons (Fsp3) is 0.292. The molecule has 7 heteroatoms. The van der Waals surface area contributed by atoms with Crippen LogP contribution in [0.3, 0.4) is 0 Å². The highest BCUT2D eigenvalue weighted by Gasteiger charge is 2.13. The van der Waals surface area contributed by atoms with Gasteiger partial charge in [0, 0.05) is 29.4 Å². The van der Waals surface area contributed by atoms with Gasteiger partial charge in [-0.3, -0.25) is 9.78 Å². The van der Waals surface area contributed by atoms with Gasteiger partial charge in [-0.05, 0) is 49.2 Å². The molecule has 162 valence electrons. The van der Waals surface area contributed by atoms with Gasteiger partial charge in [-0.15, -0.1) is 11.3 Å². The predicted octanol–water partition coefficient (Wildman–Crippen LogP) is 5.28. The Hall–Kier alpha value is -3.19. The molecule has 31 heavy (non-hydrogen) atoms. The Morgan fingerprint density at radius 2 is 2.16 bits per heavy atom. The van der Waals surface area contributed by atoms with Crippen LogP contribution in [0.25, 0.3) is 17.3 Å². The molecule has 0 radical (unpaired) electrons. The lowest BCUT2D eigenvalue weighted by Gasteiger charge is -2.11. The molecular formula is C24H27N3O3S. The number of ether oxygens (including phenoxy) is 2. The van der Waals surface area contributed by atoms with E-state index in [1.54, 1.807) is 25.6 Å². The number of benzene rings is 1. The highest BCUT2D eigenvalue weighted by Crippen LogP contribution is 2.29. The average molecular weight is 438 g/mol. The summed E-state index contributed by atoms with van der Waals surface area (Å²) in [6, 6.07) is 9.27. The molecule has 6 nitrogen and oxygen atoms in total. The van der Waals surface area contributed by atoms with Crippen LogP contribution in [0.4, 0.5) is 0 Å². The smallest absolute Gasteiger partial charge is 0.244 e. The maximum absolute atomic E-state index is 12.4. The maximum Gasteiger partial charge on any atom is 0.244 e. The third-order valence-electron chi connectivity index (χ3n) is 4.58. The van der Waals surface area contributed by atoms with Gasteiger partial charge in [-0.2, -0.15) is 0 Å². The molecule has 1 N–H and O–H groups in total. The first-order valence-corrected chi connectivity index (χ1v) is 11.1. The van der Waals surface area contributed by atoms with Crippen LogP contribution in [-0.4, -0.2) is 29.6 Å². The number of nitrogens with zero attached hydrogens (tertiary/aromatic N) is 2. The van der Waals surface area contributed by atoms with Crippen LogP contribution in [0.1, 0.15) is 43.3 Å². The van der Waals surface area contributed by atoms with Crippen LogP contribution >= 0.6 is 11.3 Å². The molecule has 0 aliphatic heterocycles. The van der Waals surface area contributed by atoms with Crippen molar-refractivity contribution in [2.45, 2.75) is 32.7 Å². The zero-order valence-corrected chi connectivity index (χ0v) is 18.8. The minimum Gasteiger partial charge on any atom is -0.493 e. The number of hydrogen-bond acceptors (Lipinski definition) is 6. The van der Waals surface area contributed by atoms with Crippen molar-refractivity contribution in [2.24, 2.45) is 0 Å². The number of carbonyl (C=O) groups is 1. The van der Waals surface area contributed by atoms with Gasteiger partial charge >= 0.3 is 0 Å². The van der Waals surface area contributed by atoms with Crippen LogP contribution in [0.2, 0.25) is 0 Å². The number of hydrogen-bond donors (Lipinski definition) is 1. The number of nitrogens with one attached hydrogen (secondary N) is 1. The Bertz CT molecular complexity index is 1020. The van der Waals surface area contributed by atoms with Crippen LogP contribution in [0.5, 0.6) is 11.5 Å². The van der Waals surface area contributed by atoms with E-state index in [0.717, 1.165) is 34.7 Å². The van der Waals surface area contributed by atoms with Crippen molar-refractivity contribution in [2.75, 3.05) is 13.7 Å². The first kappa shape index (κ1) is 22.5. The van der Waals surface area contributed by atoms with Crippen molar-refractivity contribution >= 4 is 23.3 Å². The third kappa shape index (κ3) is 6.39. The molecule has 2 aromatic heterocycles. The van der Waals surface area contributed by atoms with E-state index in [-0.39, 0.29) is 11.9 Å². The molecule has 0 saturated heterocycles. The summed E-state index contributed by atoms with van der Waals surface area (Å²) in [6.45, 7) is 4.69. The molecule has 0 bridgehead atoms. The highest BCUT2D eigenvalue weighted by molar-refractivity contribution is 7.10. The average Bonchev–Trinajstić information content (AvgIpc) is 3.29. The summed E-state index contributed by atoms with van der Waals surface area (Å²) in [5, 5.41) is 5.77. The standard InChI is InChI=1S/C24H27N3O3S/c1-4-5-13-30-21-10-8-18(14-22(21)29-3)9-11-23(28)26-17(2)24-27-20(16-31-24)19-7-6-12-25-15-19/h6-12,14-17H,4-5,13H2,1-3H3,(H,26,28)/b11-9+. The monoisotopic (exact) mass is 437 g/mol. The van der Waals surface area contributed by atoms with Crippen molar-refractivity contribution in [1.82, 2.24) is 15.3 Å². The Morgan fingerprint density at radius 3 is 2.90 bits per heavy atom. The summed E-state index contributed by atoms with van der Waals surface area (Å²) in [5.41, 5.74) is 2.67. The van der Waals surface area contributed by atoms with Crippen molar-refractivity contribution < 1.29 is 14.3 Å². The molecule has 1 aromatic carbocycles. The zero-order chi connectivity index (χ0) is 22.1. The van der Waals surface area contributed by atoms with Gasteiger partial charge in [0.2, 0.25) is 5.91 Å². The topological polar surface area (TPSA) is 73.3 Å². The largest absolute Gasteiger partial charge is 0.493 e. The second kappa shape index (κ2) is 11.3. The third-order valence-corrected chi connectivity index (χ3v) is 5.61. The van der Waals surface area contributed by atoms with Crippen LogP contribution in [-0.2, 0) is 4.79 Å².